The van der Waals surface area contributed by atoms with Crippen molar-refractivity contribution in [1.29, 1.82) is 0 Å². The summed E-state index contributed by atoms with van der Waals surface area (Å²) in [6.45, 7) is 1.94. The first-order valence-electron chi connectivity index (χ1n) is 14.8. The lowest BCUT2D eigenvalue weighted by atomic mass is 9.76. The molecule has 3 heterocycles. The quantitative estimate of drug-likeness (QED) is 0.300. The molecule has 228 valence electrons. The number of hydrogen-bond donors (Lipinski definition) is 1. The van der Waals surface area contributed by atoms with E-state index in [9.17, 15) is 9.18 Å². The minimum Gasteiger partial charge on any atom is -0.356 e. The van der Waals surface area contributed by atoms with E-state index in [-0.39, 0.29) is 10.6 Å². The highest BCUT2D eigenvalue weighted by Crippen LogP contribution is 2.45. The molecule has 1 spiro atoms. The molecule has 0 saturated carbocycles. The van der Waals surface area contributed by atoms with Crippen LogP contribution in [-0.2, 0) is 12.8 Å². The highest BCUT2D eigenvalue weighted by Gasteiger charge is 2.40. The zero-order chi connectivity index (χ0) is 31.1. The van der Waals surface area contributed by atoms with Gasteiger partial charge in [0.25, 0.3) is 5.91 Å². The van der Waals surface area contributed by atoms with Crippen LogP contribution in [0.3, 0.4) is 0 Å². The summed E-state index contributed by atoms with van der Waals surface area (Å²) in [6.07, 6.45) is 12.4. The lowest BCUT2D eigenvalue weighted by molar-refractivity contribution is 0.102. The Hall–Kier alpha value is -3.85. The maximum absolute atomic E-state index is 13.9. The number of carbonyl (C=O) groups is 1. The summed E-state index contributed by atoms with van der Waals surface area (Å²) in [6, 6.07) is 18.3. The summed E-state index contributed by atoms with van der Waals surface area (Å²) in [5, 5.41) is 2.88. The van der Waals surface area contributed by atoms with E-state index in [0.717, 1.165) is 53.2 Å². The fraction of sp³-hybridized carbons (Fsp3) is 0.229. The molecule has 2 bridgehead atoms. The Bertz CT molecular complexity index is 1830. The van der Waals surface area contributed by atoms with Crippen LogP contribution in [0.4, 0.5) is 10.1 Å². The van der Waals surface area contributed by atoms with Gasteiger partial charge in [0.2, 0.25) is 0 Å². The summed E-state index contributed by atoms with van der Waals surface area (Å²) in [7, 11) is 1.96. The molecule has 0 unspecified atom stereocenters. The summed E-state index contributed by atoms with van der Waals surface area (Å²) >= 11 is 14.2. The maximum Gasteiger partial charge on any atom is 0.257 e. The molecule has 0 radical (unpaired) electrons. The molecule has 3 aliphatic heterocycles. The van der Waals surface area contributed by atoms with Crippen molar-refractivity contribution < 1.29 is 9.18 Å². The number of anilines is 1. The number of amides is 1. The fourth-order valence-corrected chi connectivity index (χ4v) is 7.97. The molecular formula is C35H30Cl2FN5OS. The van der Waals surface area contributed by atoms with Crippen molar-refractivity contribution in [2.24, 2.45) is 15.4 Å². The molecule has 1 amide bonds. The second kappa shape index (κ2) is 12.2. The second-order valence-corrected chi connectivity index (χ2v) is 13.6. The van der Waals surface area contributed by atoms with Crippen molar-refractivity contribution in [3.05, 3.63) is 128 Å². The van der Waals surface area contributed by atoms with Crippen molar-refractivity contribution in [3.63, 3.8) is 0 Å². The molecule has 3 aromatic rings. The molecule has 3 aromatic carbocycles. The lowest BCUT2D eigenvalue weighted by Gasteiger charge is -2.40. The number of thioether (sulfide) groups is 1. The SMILES string of the molecule is CN1C2=NC(N3CCC4(CC3)Cc3ccccc3C4)=CC=NC1=C(Sc1cccc(NC(=O)c3cccc(F)c3Cl)c1Cl)C=C2. The molecule has 6 nitrogen and oxygen atoms in total. The van der Waals surface area contributed by atoms with Crippen LogP contribution in [0.15, 0.2) is 110 Å². The van der Waals surface area contributed by atoms with Crippen LogP contribution in [0.1, 0.15) is 34.3 Å². The summed E-state index contributed by atoms with van der Waals surface area (Å²) in [5.74, 6) is 1.27. The zero-order valence-electron chi connectivity index (χ0n) is 24.6. The number of rotatable bonds is 5. The lowest BCUT2D eigenvalue weighted by Crippen LogP contribution is -2.40. The van der Waals surface area contributed by atoms with Crippen molar-refractivity contribution in [1.82, 2.24) is 9.80 Å². The Morgan fingerprint density at radius 2 is 1.69 bits per heavy atom. The van der Waals surface area contributed by atoms with Gasteiger partial charge in [0.15, 0.2) is 0 Å². The molecule has 4 aliphatic rings. The molecule has 10 heteroatoms. The minimum absolute atomic E-state index is 0.0313. The van der Waals surface area contributed by atoms with E-state index >= 15 is 0 Å². The van der Waals surface area contributed by atoms with Gasteiger partial charge in [0.05, 0.1) is 26.2 Å². The number of carbonyl (C=O) groups excluding carboxylic acids is 1. The molecule has 0 aromatic heterocycles. The third-order valence-electron chi connectivity index (χ3n) is 8.94. The Balaban J connectivity index is 1.07. The molecule has 1 saturated heterocycles. The first-order valence-corrected chi connectivity index (χ1v) is 16.4. The standard InChI is InChI=1S/C35H30Cl2FN5OS/c1-42-29-13-12-28(45-27-11-5-10-26(32(27)37)40-34(44)24-8-4-9-25(38)31(24)36)33(42)39-17-14-30(41-29)43-18-15-35(16-19-43)20-22-6-2-3-7-23(22)21-35/h2-14,17H,15-16,18-21H2,1H3,(H,40,44). The Morgan fingerprint density at radius 1 is 0.956 bits per heavy atom. The predicted molar refractivity (Wildman–Crippen MR) is 182 cm³/mol. The third kappa shape index (κ3) is 5.83. The second-order valence-electron chi connectivity index (χ2n) is 11.7. The van der Waals surface area contributed by atoms with Crippen LogP contribution in [0.25, 0.3) is 0 Å². The average Bonchev–Trinajstić information content (AvgIpc) is 3.40. The van der Waals surface area contributed by atoms with E-state index in [1.165, 1.54) is 53.9 Å². The zero-order valence-corrected chi connectivity index (χ0v) is 26.9. The summed E-state index contributed by atoms with van der Waals surface area (Å²) < 4.78 is 13.9. The van der Waals surface area contributed by atoms with E-state index in [2.05, 4.69) is 34.5 Å². The van der Waals surface area contributed by atoms with Gasteiger partial charge in [-0.15, -0.1) is 0 Å². The number of aliphatic imine (C=N–C) groups is 2. The number of halogens is 3. The van der Waals surface area contributed by atoms with E-state index in [1.54, 1.807) is 12.1 Å². The predicted octanol–water partition coefficient (Wildman–Crippen LogP) is 8.35. The third-order valence-corrected chi connectivity index (χ3v) is 10.9. The van der Waals surface area contributed by atoms with Gasteiger partial charge in [-0.05, 0) is 84.7 Å². The Kier molecular flexibility index (Phi) is 8.06. The van der Waals surface area contributed by atoms with Gasteiger partial charge < -0.3 is 15.1 Å². The van der Waals surface area contributed by atoms with Gasteiger partial charge in [-0.2, -0.15) is 0 Å². The van der Waals surface area contributed by atoms with Gasteiger partial charge in [0.1, 0.15) is 23.3 Å². The minimum atomic E-state index is -0.661. The van der Waals surface area contributed by atoms with Crippen LogP contribution < -0.4 is 5.32 Å². The fourth-order valence-electron chi connectivity index (χ4n) is 6.47. The molecule has 45 heavy (non-hydrogen) atoms. The number of fused-ring (bicyclic) bond motifs is 3. The number of allylic oxidation sites excluding steroid dienone is 2. The largest absolute Gasteiger partial charge is 0.356 e. The van der Waals surface area contributed by atoms with Gasteiger partial charge >= 0.3 is 0 Å². The highest BCUT2D eigenvalue weighted by molar-refractivity contribution is 8.03. The molecule has 1 N–H and O–H groups in total. The number of likely N-dealkylation sites (N-methyl/N-ethyl adjacent to an activating group) is 1. The molecule has 1 fully saturated rings. The average molecular weight is 659 g/mol. The molecule has 7 rings (SSSR count). The van der Waals surface area contributed by atoms with Crippen molar-refractivity contribution in [2.75, 3.05) is 25.5 Å². The van der Waals surface area contributed by atoms with Crippen molar-refractivity contribution in [3.8, 4) is 0 Å². The number of nitrogens with one attached hydrogen (secondary N) is 1. The number of likely N-dealkylation sites (tertiary alicyclic amines) is 1. The number of hydrogen-bond acceptors (Lipinski definition) is 6. The van der Waals surface area contributed by atoms with Crippen LogP contribution >= 0.6 is 35.0 Å². The summed E-state index contributed by atoms with van der Waals surface area (Å²) in [5.41, 5.74) is 3.81. The normalized spacial score (nSPS) is 18.4. The first kappa shape index (κ1) is 29.8. The van der Waals surface area contributed by atoms with Crippen LogP contribution in [0.2, 0.25) is 10.0 Å². The van der Waals surface area contributed by atoms with Crippen molar-refractivity contribution >= 4 is 58.6 Å². The highest BCUT2D eigenvalue weighted by atomic mass is 35.5. The van der Waals surface area contributed by atoms with Crippen molar-refractivity contribution in [2.45, 2.75) is 30.6 Å². The number of nitrogens with zero attached hydrogens (tertiary/aromatic N) is 4. The Labute approximate surface area is 276 Å². The molecule has 0 atom stereocenters. The monoisotopic (exact) mass is 657 g/mol. The summed E-state index contributed by atoms with van der Waals surface area (Å²) in [4.78, 5) is 28.7. The topological polar surface area (TPSA) is 60.3 Å². The number of amidine groups is 1. The van der Waals surface area contributed by atoms with E-state index < -0.39 is 11.7 Å². The van der Waals surface area contributed by atoms with Gasteiger partial charge in [-0.1, -0.05) is 71.4 Å². The van der Waals surface area contributed by atoms with Gasteiger partial charge in [0, 0.05) is 31.2 Å². The van der Waals surface area contributed by atoms with Crippen LogP contribution in [0.5, 0.6) is 0 Å². The smallest absolute Gasteiger partial charge is 0.257 e. The Morgan fingerprint density at radius 3 is 2.44 bits per heavy atom. The van der Waals surface area contributed by atoms with Crippen LogP contribution in [0, 0.1) is 11.2 Å². The molecule has 1 aliphatic carbocycles. The number of piperidine rings is 1. The first-order chi connectivity index (χ1) is 21.8. The van der Waals surface area contributed by atoms with E-state index in [4.69, 9.17) is 33.2 Å². The maximum atomic E-state index is 13.9. The number of benzene rings is 3. The van der Waals surface area contributed by atoms with E-state index in [1.807, 2.05) is 42.5 Å². The molecular weight excluding hydrogens is 628 g/mol. The van der Waals surface area contributed by atoms with E-state index in [0.29, 0.717) is 16.1 Å². The van der Waals surface area contributed by atoms with Gasteiger partial charge in [-0.3, -0.25) is 4.79 Å². The van der Waals surface area contributed by atoms with Gasteiger partial charge in [-0.25, -0.2) is 14.4 Å². The van der Waals surface area contributed by atoms with Crippen LogP contribution in [-0.4, -0.2) is 47.9 Å².